The number of hydrogen-bond donors (Lipinski definition) is 2. The van der Waals surface area contributed by atoms with Crippen molar-refractivity contribution in [1.29, 1.82) is 0 Å². The van der Waals surface area contributed by atoms with Crippen molar-refractivity contribution in [3.8, 4) is 0 Å². The largest absolute Gasteiger partial charge is 0.389 e. The monoisotopic (exact) mass is 596 g/mol. The number of carbonyl (C=O) groups is 2. The first kappa shape index (κ1) is 36.6. The molecule has 4 nitrogen and oxygen atoms in total. The van der Waals surface area contributed by atoms with Crippen molar-refractivity contribution in [3.63, 3.8) is 0 Å². The van der Waals surface area contributed by atoms with Gasteiger partial charge < -0.3 is 10.2 Å². The quantitative estimate of drug-likeness (QED) is 0.247. The van der Waals surface area contributed by atoms with Gasteiger partial charge in [-0.2, -0.15) is 0 Å². The average molecular weight is 597 g/mol. The second-order valence-corrected chi connectivity index (χ2v) is 13.3. The minimum Gasteiger partial charge on any atom is -0.389 e. The summed E-state index contributed by atoms with van der Waals surface area (Å²) >= 11 is 0. The van der Waals surface area contributed by atoms with Gasteiger partial charge in [0.1, 0.15) is 6.10 Å². The Labute approximate surface area is 265 Å². The molecule has 2 aliphatic carbocycles. The summed E-state index contributed by atoms with van der Waals surface area (Å²) in [7, 11) is 0. The molecule has 236 valence electrons. The number of Topliss-reactive ketones (excluding diaryl/α,β-unsaturated/α-hetero) is 2. The predicted molar refractivity (Wildman–Crippen MR) is 185 cm³/mol. The number of rotatable bonds is 10. The molecule has 0 aromatic rings. The molecule has 0 radical (unpaired) electrons. The number of hydrogen-bond acceptors (Lipinski definition) is 4. The third-order valence-electron chi connectivity index (χ3n) is 8.59. The molecule has 0 spiro atoms. The van der Waals surface area contributed by atoms with Crippen molar-refractivity contribution in [1.82, 2.24) is 0 Å². The maximum absolute atomic E-state index is 12.3. The van der Waals surface area contributed by atoms with E-state index in [-0.39, 0.29) is 11.2 Å². The fraction of sp³-hybridized carbons (Fsp3) is 0.400. The van der Waals surface area contributed by atoms with Crippen LogP contribution >= 0.6 is 0 Å². The molecule has 0 heterocycles. The van der Waals surface area contributed by atoms with Crippen LogP contribution in [0.25, 0.3) is 0 Å². The molecular weight excluding hydrogens is 544 g/mol. The summed E-state index contributed by atoms with van der Waals surface area (Å²) in [6.07, 6.45) is 27.3. The van der Waals surface area contributed by atoms with Crippen LogP contribution in [0.2, 0.25) is 0 Å². The molecule has 0 saturated heterocycles. The Kier molecular flexibility index (Phi) is 13.2. The van der Waals surface area contributed by atoms with Crippen LogP contribution in [-0.2, 0) is 9.59 Å². The van der Waals surface area contributed by atoms with Gasteiger partial charge in [0.05, 0.1) is 6.10 Å². The normalized spacial score (nSPS) is 24.5. The van der Waals surface area contributed by atoms with E-state index in [1.807, 2.05) is 89.3 Å². The third kappa shape index (κ3) is 9.97. The van der Waals surface area contributed by atoms with Gasteiger partial charge in [0.25, 0.3) is 0 Å². The molecule has 2 rings (SSSR count). The fourth-order valence-electron chi connectivity index (χ4n) is 5.40. The first-order chi connectivity index (χ1) is 20.5. The molecule has 0 aliphatic heterocycles. The highest BCUT2D eigenvalue weighted by atomic mass is 16.3. The lowest BCUT2D eigenvalue weighted by Crippen LogP contribution is -2.49. The topological polar surface area (TPSA) is 74.6 Å². The molecule has 2 unspecified atom stereocenters. The van der Waals surface area contributed by atoms with Gasteiger partial charge in [0, 0.05) is 11.8 Å². The van der Waals surface area contributed by atoms with Crippen LogP contribution in [0.5, 0.6) is 0 Å². The number of aliphatic hydroxyl groups excluding tert-OH is 2. The second-order valence-electron chi connectivity index (χ2n) is 13.3. The zero-order chi connectivity index (χ0) is 33.2. The van der Waals surface area contributed by atoms with Gasteiger partial charge in [0.2, 0.25) is 0 Å². The summed E-state index contributed by atoms with van der Waals surface area (Å²) in [5.41, 5.74) is 6.92. The lowest BCUT2D eigenvalue weighted by molar-refractivity contribution is -0.135. The minimum atomic E-state index is -1.38. The minimum absolute atomic E-state index is 0.0252. The highest BCUT2D eigenvalue weighted by molar-refractivity contribution is 6.01. The van der Waals surface area contributed by atoms with Gasteiger partial charge in [0.15, 0.2) is 11.6 Å². The molecule has 0 aromatic carbocycles. The molecule has 0 aromatic heterocycles. The highest BCUT2D eigenvalue weighted by Crippen LogP contribution is 2.40. The van der Waals surface area contributed by atoms with E-state index in [9.17, 15) is 19.8 Å². The van der Waals surface area contributed by atoms with Crippen molar-refractivity contribution >= 4 is 11.6 Å². The molecule has 4 heteroatoms. The summed E-state index contributed by atoms with van der Waals surface area (Å²) in [6, 6.07) is 0. The molecule has 0 saturated carbocycles. The Morgan fingerprint density at radius 1 is 0.659 bits per heavy atom. The second kappa shape index (κ2) is 15.9. The van der Waals surface area contributed by atoms with Crippen molar-refractivity contribution in [3.05, 3.63) is 130 Å². The van der Waals surface area contributed by atoms with E-state index in [2.05, 4.69) is 58.1 Å². The maximum atomic E-state index is 12.3. The van der Waals surface area contributed by atoms with Gasteiger partial charge in [-0.05, 0) is 75.7 Å². The standard InChI is InChI=1S/C40H52O4/c1-27(17-13-19-29(3)21-23-33-31(5)35(41)25-26-39(33,7)8)15-11-12-16-28(2)18-14-20-30(4)22-24-34-32(6)36(42)37(43)38(44)40(34,9)10/h11-24,37-38,43-44H,25-26H2,1-10H3. The van der Waals surface area contributed by atoms with Crippen molar-refractivity contribution in [2.75, 3.05) is 0 Å². The van der Waals surface area contributed by atoms with Crippen LogP contribution in [0.1, 0.15) is 82.1 Å². The lowest BCUT2D eigenvalue weighted by Gasteiger charge is -2.39. The number of aliphatic hydroxyl groups is 2. The van der Waals surface area contributed by atoms with E-state index in [0.29, 0.717) is 12.0 Å². The van der Waals surface area contributed by atoms with Crippen LogP contribution in [0.4, 0.5) is 0 Å². The molecule has 0 fully saturated rings. The summed E-state index contributed by atoms with van der Waals surface area (Å²) in [4.78, 5) is 24.4. The number of ketones is 2. The first-order valence-corrected chi connectivity index (χ1v) is 15.4. The van der Waals surface area contributed by atoms with E-state index in [1.54, 1.807) is 6.92 Å². The van der Waals surface area contributed by atoms with E-state index in [0.717, 1.165) is 45.4 Å². The maximum Gasteiger partial charge on any atom is 0.189 e. The Hall–Kier alpha value is -3.60. The highest BCUT2D eigenvalue weighted by Gasteiger charge is 2.45. The van der Waals surface area contributed by atoms with E-state index < -0.39 is 23.4 Å². The van der Waals surface area contributed by atoms with E-state index in [1.165, 1.54) is 0 Å². The molecule has 2 aliphatic rings. The average Bonchev–Trinajstić information content (AvgIpc) is 2.95. The van der Waals surface area contributed by atoms with Crippen LogP contribution in [0.3, 0.4) is 0 Å². The Morgan fingerprint density at radius 3 is 1.59 bits per heavy atom. The third-order valence-corrected chi connectivity index (χ3v) is 8.59. The van der Waals surface area contributed by atoms with Gasteiger partial charge in [-0.25, -0.2) is 0 Å². The van der Waals surface area contributed by atoms with Gasteiger partial charge >= 0.3 is 0 Å². The predicted octanol–water partition coefficient (Wildman–Crippen LogP) is 8.91. The Balaban J connectivity index is 1.96. The van der Waals surface area contributed by atoms with Crippen LogP contribution < -0.4 is 0 Å². The molecule has 0 amide bonds. The molecular formula is C40H52O4. The van der Waals surface area contributed by atoms with Crippen molar-refractivity contribution in [2.24, 2.45) is 10.8 Å². The molecule has 2 N–H and O–H groups in total. The van der Waals surface area contributed by atoms with Gasteiger partial charge in [-0.15, -0.1) is 0 Å². The van der Waals surface area contributed by atoms with E-state index in [4.69, 9.17) is 0 Å². The summed E-state index contributed by atoms with van der Waals surface area (Å²) in [5, 5.41) is 20.4. The van der Waals surface area contributed by atoms with Crippen LogP contribution in [0.15, 0.2) is 130 Å². The van der Waals surface area contributed by atoms with Crippen LogP contribution in [-0.4, -0.2) is 34.0 Å². The lowest BCUT2D eigenvalue weighted by atomic mass is 9.69. The molecule has 2 atom stereocenters. The number of allylic oxidation sites excluding steroid dienone is 20. The summed E-state index contributed by atoms with van der Waals surface area (Å²) in [6.45, 7) is 19.9. The molecule has 44 heavy (non-hydrogen) atoms. The van der Waals surface area contributed by atoms with Crippen LogP contribution in [0, 0.1) is 10.8 Å². The molecule has 0 bridgehead atoms. The van der Waals surface area contributed by atoms with Gasteiger partial charge in [-0.1, -0.05) is 135 Å². The smallest absolute Gasteiger partial charge is 0.189 e. The Morgan fingerprint density at radius 2 is 1.09 bits per heavy atom. The summed E-state index contributed by atoms with van der Waals surface area (Å²) in [5.74, 6) is -0.163. The summed E-state index contributed by atoms with van der Waals surface area (Å²) < 4.78 is 0. The van der Waals surface area contributed by atoms with Crippen molar-refractivity contribution in [2.45, 2.75) is 94.3 Å². The first-order valence-electron chi connectivity index (χ1n) is 15.4. The van der Waals surface area contributed by atoms with Gasteiger partial charge in [-0.3, -0.25) is 9.59 Å². The van der Waals surface area contributed by atoms with Crippen molar-refractivity contribution < 1.29 is 19.8 Å². The Bertz CT molecular complexity index is 1450. The zero-order valence-electron chi connectivity index (χ0n) is 28.4. The zero-order valence-corrected chi connectivity index (χ0v) is 28.4. The fourth-order valence-corrected chi connectivity index (χ4v) is 5.40. The number of carbonyl (C=O) groups excluding carboxylic acids is 2. The SMILES string of the molecule is CC(C=CC=C(C)C=CC1=C(C)C(=O)CCC1(C)C)=CC=CC=C(C)C=CC=C(C)C=CC1=C(C)C(=O)C(O)C(O)C1(C)C. The van der Waals surface area contributed by atoms with E-state index >= 15 is 0 Å².